The van der Waals surface area contributed by atoms with Crippen LogP contribution in [0.25, 0.3) is 6.08 Å². The van der Waals surface area contributed by atoms with E-state index in [9.17, 15) is 4.79 Å². The van der Waals surface area contributed by atoms with Crippen LogP contribution in [0.15, 0.2) is 53.4 Å². The van der Waals surface area contributed by atoms with Gasteiger partial charge in [-0.1, -0.05) is 36.1 Å². The zero-order chi connectivity index (χ0) is 15.8. The van der Waals surface area contributed by atoms with Crippen LogP contribution in [0.3, 0.4) is 0 Å². The minimum absolute atomic E-state index is 0.0805. The van der Waals surface area contributed by atoms with Crippen molar-refractivity contribution in [3.8, 4) is 0 Å². The van der Waals surface area contributed by atoms with E-state index in [1.54, 1.807) is 18.5 Å². The van der Waals surface area contributed by atoms with Gasteiger partial charge in [-0.25, -0.2) is 0 Å². The van der Waals surface area contributed by atoms with Gasteiger partial charge in [0.2, 0.25) is 0 Å². The van der Waals surface area contributed by atoms with E-state index >= 15 is 0 Å². The molecular formula is C16H12N2O3S2. The number of rotatable bonds is 2. The van der Waals surface area contributed by atoms with Crippen LogP contribution in [0.4, 0.5) is 0 Å². The highest BCUT2D eigenvalue weighted by Crippen LogP contribution is 2.36. The quantitative estimate of drug-likeness (QED) is 0.607. The molecule has 0 bridgehead atoms. The largest absolute Gasteiger partial charge is 0.345 e. The van der Waals surface area contributed by atoms with Crippen LogP contribution in [0.1, 0.15) is 5.56 Å². The lowest BCUT2D eigenvalue weighted by molar-refractivity contribution is -0.120. The van der Waals surface area contributed by atoms with Crippen molar-refractivity contribution in [2.24, 2.45) is 0 Å². The summed E-state index contributed by atoms with van der Waals surface area (Å²) < 4.78 is 11.4. The average Bonchev–Trinajstić information content (AvgIpc) is 3.13. The maximum atomic E-state index is 12.7. The Balaban J connectivity index is 1.61. The smallest absolute Gasteiger partial charge is 0.270 e. The van der Waals surface area contributed by atoms with Gasteiger partial charge in [0.15, 0.2) is 4.32 Å². The molecule has 1 aromatic heterocycles. The van der Waals surface area contributed by atoms with E-state index in [4.69, 9.17) is 21.7 Å². The van der Waals surface area contributed by atoms with Gasteiger partial charge < -0.3 is 9.47 Å². The summed E-state index contributed by atoms with van der Waals surface area (Å²) in [4.78, 5) is 18.9. The summed E-state index contributed by atoms with van der Waals surface area (Å²) in [5.41, 5.74) is 1.60. The summed E-state index contributed by atoms with van der Waals surface area (Å²) in [5, 5.41) is 0. The summed E-state index contributed by atoms with van der Waals surface area (Å²) in [7, 11) is 0. The predicted octanol–water partition coefficient (Wildman–Crippen LogP) is 2.48. The highest BCUT2D eigenvalue weighted by atomic mass is 32.2. The number of ether oxygens (including phenoxy) is 2. The Morgan fingerprint density at radius 2 is 2.26 bits per heavy atom. The number of thiocarbonyl (C=S) groups is 1. The Morgan fingerprint density at radius 1 is 1.39 bits per heavy atom. The molecule has 3 heterocycles. The van der Waals surface area contributed by atoms with Crippen molar-refractivity contribution in [1.29, 1.82) is 0 Å². The number of carbonyl (C=O) groups is 1. The minimum Gasteiger partial charge on any atom is -0.345 e. The van der Waals surface area contributed by atoms with Crippen LogP contribution < -0.4 is 0 Å². The molecule has 0 saturated carbocycles. The van der Waals surface area contributed by atoms with E-state index < -0.39 is 0 Å². The lowest BCUT2D eigenvalue weighted by atomic mass is 10.1. The van der Waals surface area contributed by atoms with Crippen molar-refractivity contribution in [3.63, 3.8) is 0 Å². The zero-order valence-electron chi connectivity index (χ0n) is 11.9. The molecule has 3 aliphatic rings. The summed E-state index contributed by atoms with van der Waals surface area (Å²) in [6, 6.07) is 3.73. The lowest BCUT2D eigenvalue weighted by Crippen LogP contribution is -2.31. The molecule has 2 fully saturated rings. The third kappa shape index (κ3) is 2.76. The summed E-state index contributed by atoms with van der Waals surface area (Å²) in [6.45, 7) is 0.267. The number of hydrogen-bond acceptors (Lipinski definition) is 6. The fraction of sp³-hybridized carbons (Fsp3) is 0.188. The molecule has 1 aromatic rings. The van der Waals surface area contributed by atoms with Crippen molar-refractivity contribution in [2.45, 2.75) is 12.2 Å². The van der Waals surface area contributed by atoms with E-state index in [0.717, 1.165) is 11.3 Å². The van der Waals surface area contributed by atoms with Crippen LogP contribution in [0.2, 0.25) is 0 Å². The standard InChI is InChI=1S/C16H12N2O3S2/c19-15-14(6-10-2-1-5-17-8-10)23-16(22)18(15)11-3-4-12-13(7-11)21-9-20-12/h1-8,12-13H,9H2/b14-6-/t12-,13-/m1/s1. The van der Waals surface area contributed by atoms with E-state index in [1.165, 1.54) is 16.7 Å². The number of amides is 1. The molecule has 0 N–H and O–H groups in total. The van der Waals surface area contributed by atoms with Gasteiger partial charge in [-0.05, 0) is 29.9 Å². The third-order valence-electron chi connectivity index (χ3n) is 3.67. The molecule has 1 aliphatic carbocycles. The third-order valence-corrected chi connectivity index (χ3v) is 4.97. The summed E-state index contributed by atoms with van der Waals surface area (Å²) in [6.07, 6.45) is 10.6. The predicted molar refractivity (Wildman–Crippen MR) is 91.1 cm³/mol. The van der Waals surface area contributed by atoms with Crippen LogP contribution in [-0.2, 0) is 14.3 Å². The molecule has 1 amide bonds. The first-order valence-corrected chi connectivity index (χ1v) is 8.26. The Bertz CT molecular complexity index is 758. The highest BCUT2D eigenvalue weighted by Gasteiger charge is 2.37. The Morgan fingerprint density at radius 3 is 3.09 bits per heavy atom. The summed E-state index contributed by atoms with van der Waals surface area (Å²) >= 11 is 6.67. The number of nitrogens with zero attached hydrogens (tertiary/aromatic N) is 2. The van der Waals surface area contributed by atoms with Gasteiger partial charge in [0.05, 0.1) is 4.91 Å². The number of fused-ring (bicyclic) bond motifs is 1. The van der Waals surface area contributed by atoms with Crippen LogP contribution in [-0.4, -0.2) is 39.1 Å². The van der Waals surface area contributed by atoms with E-state index in [0.29, 0.717) is 9.23 Å². The van der Waals surface area contributed by atoms with Crippen molar-refractivity contribution in [3.05, 3.63) is 58.9 Å². The average molecular weight is 344 g/mol. The normalized spacial score (nSPS) is 28.4. The number of hydrogen-bond donors (Lipinski definition) is 0. The molecule has 2 saturated heterocycles. The number of aromatic nitrogens is 1. The van der Waals surface area contributed by atoms with Gasteiger partial charge in [0, 0.05) is 18.1 Å². The second-order valence-electron chi connectivity index (χ2n) is 5.13. The van der Waals surface area contributed by atoms with Gasteiger partial charge in [-0.2, -0.15) is 0 Å². The molecule has 0 spiro atoms. The topological polar surface area (TPSA) is 51.7 Å². The summed E-state index contributed by atoms with van der Waals surface area (Å²) in [5.74, 6) is -0.128. The van der Waals surface area contributed by atoms with Crippen LogP contribution in [0.5, 0.6) is 0 Å². The molecule has 23 heavy (non-hydrogen) atoms. The molecular weight excluding hydrogens is 332 g/mol. The van der Waals surface area contributed by atoms with E-state index in [-0.39, 0.29) is 24.9 Å². The second kappa shape index (κ2) is 6.01. The molecule has 0 radical (unpaired) electrons. The Labute approximate surface area is 142 Å². The van der Waals surface area contributed by atoms with Crippen LogP contribution >= 0.6 is 24.0 Å². The first-order valence-electron chi connectivity index (χ1n) is 7.03. The molecule has 0 aromatic carbocycles. The Hall–Kier alpha value is -1.80. The number of carbonyl (C=O) groups excluding carboxylic acids is 1. The van der Waals surface area contributed by atoms with Gasteiger partial charge in [-0.3, -0.25) is 14.7 Å². The number of thioether (sulfide) groups is 1. The highest BCUT2D eigenvalue weighted by molar-refractivity contribution is 8.26. The van der Waals surface area contributed by atoms with Gasteiger partial charge in [0.1, 0.15) is 19.0 Å². The molecule has 5 nitrogen and oxygen atoms in total. The van der Waals surface area contributed by atoms with Crippen molar-refractivity contribution >= 4 is 40.3 Å². The maximum absolute atomic E-state index is 12.7. The van der Waals surface area contributed by atoms with Gasteiger partial charge >= 0.3 is 0 Å². The first-order chi connectivity index (χ1) is 11.2. The van der Waals surface area contributed by atoms with E-state index in [1.807, 2.05) is 30.4 Å². The number of allylic oxidation sites excluding steroid dienone is 1. The fourth-order valence-electron chi connectivity index (χ4n) is 2.56. The monoisotopic (exact) mass is 344 g/mol. The lowest BCUT2D eigenvalue weighted by Gasteiger charge is -2.22. The molecule has 2 atom stereocenters. The van der Waals surface area contributed by atoms with Crippen LogP contribution in [0, 0.1) is 0 Å². The molecule has 4 rings (SSSR count). The van der Waals surface area contributed by atoms with Crippen molar-refractivity contribution in [1.82, 2.24) is 9.88 Å². The van der Waals surface area contributed by atoms with Gasteiger partial charge in [-0.15, -0.1) is 0 Å². The van der Waals surface area contributed by atoms with Crippen molar-refractivity contribution in [2.75, 3.05) is 6.79 Å². The Kier molecular flexibility index (Phi) is 3.86. The molecule has 7 heteroatoms. The minimum atomic E-state index is -0.165. The fourth-order valence-corrected chi connectivity index (χ4v) is 3.86. The first kappa shape index (κ1) is 14.8. The SMILES string of the molecule is O=C1/C(=C/c2cccnc2)SC(=S)N1C1=C[C@H]2OCO[C@@H]2C=C1. The molecule has 116 valence electrons. The second-order valence-corrected chi connectivity index (χ2v) is 6.81. The van der Waals surface area contributed by atoms with Gasteiger partial charge in [0.25, 0.3) is 5.91 Å². The van der Waals surface area contributed by atoms with E-state index in [2.05, 4.69) is 4.98 Å². The molecule has 0 unspecified atom stereocenters. The van der Waals surface area contributed by atoms with Crippen molar-refractivity contribution < 1.29 is 14.3 Å². The molecule has 2 aliphatic heterocycles. The zero-order valence-corrected chi connectivity index (χ0v) is 13.5. The maximum Gasteiger partial charge on any atom is 0.270 e. The number of pyridine rings is 1.